The third kappa shape index (κ3) is 3.62. The van der Waals surface area contributed by atoms with Crippen molar-refractivity contribution in [2.45, 2.75) is 13.8 Å². The van der Waals surface area contributed by atoms with Crippen LogP contribution in [0.15, 0.2) is 30.3 Å². The lowest BCUT2D eigenvalue weighted by Gasteiger charge is -2.07. The molecule has 0 bridgehead atoms. The number of anilines is 1. The Bertz CT molecular complexity index is 678. The molecule has 0 aliphatic heterocycles. The Morgan fingerprint density at radius 1 is 1.14 bits per heavy atom. The number of esters is 1. The first-order chi connectivity index (χ1) is 9.99. The number of aryl methyl sites for hydroxylation is 2. The first kappa shape index (κ1) is 14.6. The Hall–Kier alpha value is -2.76. The third-order valence-corrected chi connectivity index (χ3v) is 2.74. The van der Waals surface area contributed by atoms with Crippen molar-refractivity contribution in [3.05, 3.63) is 53.1 Å². The highest BCUT2D eigenvalue weighted by Crippen LogP contribution is 2.13. The summed E-state index contributed by atoms with van der Waals surface area (Å²) in [6.07, 6.45) is 0. The van der Waals surface area contributed by atoms with Gasteiger partial charge in [-0.1, -0.05) is 6.07 Å². The number of rotatable bonds is 3. The number of nitrogens with zero attached hydrogens (tertiary/aromatic N) is 2. The Morgan fingerprint density at radius 3 is 2.57 bits per heavy atom. The summed E-state index contributed by atoms with van der Waals surface area (Å²) in [5.41, 5.74) is 1.86. The number of hydrogen-bond donors (Lipinski definition) is 1. The lowest BCUT2D eigenvalue weighted by molar-refractivity contribution is 0.0600. The maximum absolute atomic E-state index is 12.2. The topological polar surface area (TPSA) is 81.2 Å². The molecule has 0 unspecified atom stereocenters. The number of nitrogens with one attached hydrogen (secondary N) is 1. The molecule has 6 heteroatoms. The molecule has 0 atom stereocenters. The largest absolute Gasteiger partial charge is 0.465 e. The van der Waals surface area contributed by atoms with E-state index in [1.54, 1.807) is 44.2 Å². The minimum Gasteiger partial charge on any atom is -0.465 e. The van der Waals surface area contributed by atoms with Crippen LogP contribution in [0, 0.1) is 13.8 Å². The van der Waals surface area contributed by atoms with Crippen molar-refractivity contribution < 1.29 is 14.3 Å². The molecule has 1 aromatic carbocycles. The van der Waals surface area contributed by atoms with Gasteiger partial charge in [-0.25, -0.2) is 14.8 Å². The quantitative estimate of drug-likeness (QED) is 0.874. The Labute approximate surface area is 122 Å². The Balaban J connectivity index is 2.21. The van der Waals surface area contributed by atoms with Gasteiger partial charge < -0.3 is 10.1 Å². The fraction of sp³-hybridized carbons (Fsp3) is 0.200. The maximum Gasteiger partial charge on any atom is 0.337 e. The van der Waals surface area contributed by atoms with Crippen LogP contribution in [-0.2, 0) is 4.74 Å². The van der Waals surface area contributed by atoms with Crippen LogP contribution in [0.25, 0.3) is 0 Å². The highest BCUT2D eigenvalue weighted by Gasteiger charge is 2.11. The molecule has 2 aromatic rings. The van der Waals surface area contributed by atoms with Gasteiger partial charge in [0.15, 0.2) is 0 Å². The van der Waals surface area contributed by atoms with Crippen LogP contribution in [0.4, 0.5) is 5.69 Å². The summed E-state index contributed by atoms with van der Waals surface area (Å²) >= 11 is 0. The molecule has 2 rings (SSSR count). The lowest BCUT2D eigenvalue weighted by Crippen LogP contribution is -2.15. The van der Waals surface area contributed by atoms with E-state index in [4.69, 9.17) is 0 Å². The molecule has 0 spiro atoms. The van der Waals surface area contributed by atoms with Gasteiger partial charge in [0.25, 0.3) is 5.91 Å². The van der Waals surface area contributed by atoms with Crippen molar-refractivity contribution in [1.82, 2.24) is 9.97 Å². The minimum absolute atomic E-state index is 0.281. The molecule has 1 amide bonds. The summed E-state index contributed by atoms with van der Waals surface area (Å²) in [6, 6.07) is 8.11. The van der Waals surface area contributed by atoms with E-state index in [9.17, 15) is 9.59 Å². The molecular weight excluding hydrogens is 270 g/mol. The van der Waals surface area contributed by atoms with Crippen molar-refractivity contribution in [3.63, 3.8) is 0 Å². The van der Waals surface area contributed by atoms with Crippen molar-refractivity contribution in [2.24, 2.45) is 0 Å². The van der Waals surface area contributed by atoms with E-state index in [0.717, 1.165) is 5.69 Å². The highest BCUT2D eigenvalue weighted by atomic mass is 16.5. The zero-order valence-corrected chi connectivity index (χ0v) is 12.0. The molecule has 0 saturated carbocycles. The van der Waals surface area contributed by atoms with Gasteiger partial charge in [0.1, 0.15) is 11.5 Å². The molecule has 21 heavy (non-hydrogen) atoms. The van der Waals surface area contributed by atoms with E-state index >= 15 is 0 Å². The van der Waals surface area contributed by atoms with Crippen molar-refractivity contribution in [1.29, 1.82) is 0 Å². The SMILES string of the molecule is COC(=O)c1cccc(NC(=O)c2cc(C)nc(C)n2)c1. The van der Waals surface area contributed by atoms with E-state index in [1.807, 2.05) is 0 Å². The molecule has 0 radical (unpaired) electrons. The van der Waals surface area contributed by atoms with Crippen LogP contribution in [0.3, 0.4) is 0 Å². The smallest absolute Gasteiger partial charge is 0.337 e. The summed E-state index contributed by atoms with van der Waals surface area (Å²) in [6.45, 7) is 3.52. The number of benzene rings is 1. The first-order valence-corrected chi connectivity index (χ1v) is 6.31. The van der Waals surface area contributed by atoms with Crippen LogP contribution in [0.2, 0.25) is 0 Å². The second kappa shape index (κ2) is 6.13. The average Bonchev–Trinajstić information content (AvgIpc) is 2.45. The van der Waals surface area contributed by atoms with Gasteiger partial charge in [-0.05, 0) is 38.1 Å². The predicted molar refractivity (Wildman–Crippen MR) is 77.2 cm³/mol. The zero-order chi connectivity index (χ0) is 15.4. The van der Waals surface area contributed by atoms with E-state index in [0.29, 0.717) is 17.1 Å². The molecule has 0 fully saturated rings. The summed E-state index contributed by atoms with van der Waals surface area (Å²) in [5.74, 6) is -0.283. The number of hydrogen-bond acceptors (Lipinski definition) is 5. The monoisotopic (exact) mass is 285 g/mol. The standard InChI is InChI=1S/C15H15N3O3/c1-9-7-13(17-10(2)16-9)14(19)18-12-6-4-5-11(8-12)15(20)21-3/h4-8H,1-3H3,(H,18,19). The molecular formula is C15H15N3O3. The summed E-state index contributed by atoms with van der Waals surface area (Å²) in [4.78, 5) is 31.8. The van der Waals surface area contributed by atoms with Gasteiger partial charge >= 0.3 is 5.97 Å². The number of methoxy groups -OCH3 is 1. The minimum atomic E-state index is -0.458. The molecule has 0 aliphatic rings. The Kier molecular flexibility index (Phi) is 4.27. The van der Waals surface area contributed by atoms with Gasteiger partial charge in [-0.3, -0.25) is 4.79 Å². The van der Waals surface area contributed by atoms with E-state index in [-0.39, 0.29) is 11.6 Å². The summed E-state index contributed by atoms with van der Waals surface area (Å²) in [5, 5.41) is 2.70. The number of ether oxygens (including phenoxy) is 1. The third-order valence-electron chi connectivity index (χ3n) is 2.74. The molecule has 1 N–H and O–H groups in total. The summed E-state index contributed by atoms with van der Waals surface area (Å²) in [7, 11) is 1.31. The fourth-order valence-corrected chi connectivity index (χ4v) is 1.87. The number of carbonyl (C=O) groups is 2. The van der Waals surface area contributed by atoms with Crippen LogP contribution >= 0.6 is 0 Å². The van der Waals surface area contributed by atoms with Gasteiger partial charge in [0.05, 0.1) is 12.7 Å². The van der Waals surface area contributed by atoms with Crippen LogP contribution in [-0.4, -0.2) is 29.0 Å². The normalized spacial score (nSPS) is 10.0. The highest BCUT2D eigenvalue weighted by molar-refractivity contribution is 6.03. The molecule has 108 valence electrons. The molecule has 1 aromatic heterocycles. The second-order valence-electron chi connectivity index (χ2n) is 4.47. The van der Waals surface area contributed by atoms with Crippen molar-refractivity contribution in [2.75, 3.05) is 12.4 Å². The number of amides is 1. The van der Waals surface area contributed by atoms with E-state index in [1.165, 1.54) is 7.11 Å². The second-order valence-corrected chi connectivity index (χ2v) is 4.47. The fourth-order valence-electron chi connectivity index (χ4n) is 1.87. The van der Waals surface area contributed by atoms with Gasteiger partial charge in [-0.2, -0.15) is 0 Å². The average molecular weight is 285 g/mol. The van der Waals surface area contributed by atoms with Crippen molar-refractivity contribution >= 4 is 17.6 Å². The van der Waals surface area contributed by atoms with Gasteiger partial charge in [0, 0.05) is 11.4 Å². The van der Waals surface area contributed by atoms with E-state index < -0.39 is 5.97 Å². The van der Waals surface area contributed by atoms with Crippen molar-refractivity contribution in [3.8, 4) is 0 Å². The van der Waals surface area contributed by atoms with E-state index in [2.05, 4.69) is 20.0 Å². The summed E-state index contributed by atoms with van der Waals surface area (Å²) < 4.78 is 4.64. The van der Waals surface area contributed by atoms with Crippen LogP contribution in [0.5, 0.6) is 0 Å². The van der Waals surface area contributed by atoms with Gasteiger partial charge in [-0.15, -0.1) is 0 Å². The van der Waals surface area contributed by atoms with Crippen LogP contribution < -0.4 is 5.32 Å². The Morgan fingerprint density at radius 2 is 1.90 bits per heavy atom. The van der Waals surface area contributed by atoms with Crippen LogP contribution in [0.1, 0.15) is 32.4 Å². The first-order valence-electron chi connectivity index (χ1n) is 6.31. The molecule has 6 nitrogen and oxygen atoms in total. The molecule has 1 heterocycles. The predicted octanol–water partition coefficient (Wildman–Crippen LogP) is 2.13. The van der Waals surface area contributed by atoms with Gasteiger partial charge in [0.2, 0.25) is 0 Å². The lowest BCUT2D eigenvalue weighted by atomic mass is 10.2. The zero-order valence-electron chi connectivity index (χ0n) is 12.0. The molecule has 0 aliphatic carbocycles. The molecule has 0 saturated heterocycles. The maximum atomic E-state index is 12.2. The number of carbonyl (C=O) groups excluding carboxylic acids is 2. The number of aromatic nitrogens is 2.